The summed E-state index contributed by atoms with van der Waals surface area (Å²) in [5, 5.41) is 11.3. The lowest BCUT2D eigenvalue weighted by atomic mass is 9.85. The van der Waals surface area contributed by atoms with E-state index >= 15 is 0 Å². The molecule has 0 saturated carbocycles. The Balaban J connectivity index is 1.59. The van der Waals surface area contributed by atoms with Gasteiger partial charge in [-0.2, -0.15) is 0 Å². The van der Waals surface area contributed by atoms with Gasteiger partial charge >= 0.3 is 11.9 Å². The van der Waals surface area contributed by atoms with Crippen LogP contribution in [-0.2, 0) is 53.9 Å². The quantitative estimate of drug-likeness (QED) is 0.310. The number of rotatable bonds is 9. The number of hydrogen-bond acceptors (Lipinski definition) is 10. The van der Waals surface area contributed by atoms with Gasteiger partial charge < -0.3 is 28.8 Å². The minimum absolute atomic E-state index is 0.0324. The number of fused-ring (bicyclic) bond motifs is 5. The lowest BCUT2D eigenvalue weighted by Gasteiger charge is -2.35. The molecule has 1 N–H and O–H groups in total. The van der Waals surface area contributed by atoms with Crippen molar-refractivity contribution in [2.24, 2.45) is 0 Å². The number of phenols is 1. The molecule has 4 heterocycles. The van der Waals surface area contributed by atoms with Gasteiger partial charge in [-0.3, -0.25) is 14.4 Å². The summed E-state index contributed by atoms with van der Waals surface area (Å²) in [5.74, 6) is -1.63. The average molecular weight is 550 g/mol. The summed E-state index contributed by atoms with van der Waals surface area (Å²) in [6.07, 6.45) is -0.309. The predicted molar refractivity (Wildman–Crippen MR) is 144 cm³/mol. The minimum atomic E-state index is -1.83. The number of nitrogens with zero attached hydrogens (tertiary/aromatic N) is 3. The molecule has 3 aromatic rings. The van der Waals surface area contributed by atoms with Gasteiger partial charge in [0, 0.05) is 42.2 Å². The molecule has 5 rings (SSSR count). The SMILES string of the molecule is CC[C@@]1(OC(=O)CCC(=O)COC)C(=O)OCc2c1cc1n(c2=O)Cc2cc3c(CN(C)C)c(O)ccc3nc2-1. The fourth-order valence-electron chi connectivity index (χ4n) is 5.46. The highest BCUT2D eigenvalue weighted by molar-refractivity contribution is 5.90. The number of aromatic nitrogens is 2. The largest absolute Gasteiger partial charge is 0.508 e. The van der Waals surface area contributed by atoms with Crippen LogP contribution in [0.15, 0.2) is 29.1 Å². The Morgan fingerprint density at radius 2 is 1.98 bits per heavy atom. The maximum absolute atomic E-state index is 13.7. The third-order valence-corrected chi connectivity index (χ3v) is 7.42. The Kier molecular flexibility index (Phi) is 7.19. The zero-order valence-electron chi connectivity index (χ0n) is 22.9. The van der Waals surface area contributed by atoms with Crippen molar-refractivity contribution in [3.8, 4) is 17.1 Å². The van der Waals surface area contributed by atoms with E-state index in [-0.39, 0.29) is 67.2 Å². The molecule has 0 amide bonds. The van der Waals surface area contributed by atoms with E-state index in [9.17, 15) is 24.3 Å². The van der Waals surface area contributed by atoms with E-state index in [0.29, 0.717) is 23.4 Å². The van der Waals surface area contributed by atoms with Gasteiger partial charge in [0.05, 0.1) is 35.4 Å². The molecular formula is C29H31N3O8. The minimum Gasteiger partial charge on any atom is -0.508 e. The maximum Gasteiger partial charge on any atom is 0.355 e. The van der Waals surface area contributed by atoms with Crippen LogP contribution in [0.4, 0.5) is 0 Å². The maximum atomic E-state index is 13.7. The van der Waals surface area contributed by atoms with Gasteiger partial charge in [0.15, 0.2) is 5.78 Å². The lowest BCUT2D eigenvalue weighted by molar-refractivity contribution is -0.189. The van der Waals surface area contributed by atoms with Crippen molar-refractivity contribution < 1.29 is 33.7 Å². The molecular weight excluding hydrogens is 518 g/mol. The van der Waals surface area contributed by atoms with Crippen LogP contribution in [0.25, 0.3) is 22.3 Å². The number of benzene rings is 1. The number of methoxy groups -OCH3 is 1. The number of carbonyl (C=O) groups excluding carboxylic acids is 3. The number of aromatic hydroxyl groups is 1. The number of pyridine rings is 2. The Morgan fingerprint density at radius 3 is 2.67 bits per heavy atom. The molecule has 11 heteroatoms. The predicted octanol–water partition coefficient (Wildman–Crippen LogP) is 2.39. The Bertz CT molecular complexity index is 1610. The van der Waals surface area contributed by atoms with Crippen LogP contribution < -0.4 is 5.56 Å². The van der Waals surface area contributed by atoms with Crippen molar-refractivity contribution in [1.29, 1.82) is 0 Å². The van der Waals surface area contributed by atoms with Crippen molar-refractivity contribution in [3.63, 3.8) is 0 Å². The second-order valence-electron chi connectivity index (χ2n) is 10.4. The summed E-state index contributed by atoms with van der Waals surface area (Å²) >= 11 is 0. The number of ether oxygens (including phenoxy) is 3. The summed E-state index contributed by atoms with van der Waals surface area (Å²) in [7, 11) is 5.20. The monoisotopic (exact) mass is 549 g/mol. The van der Waals surface area contributed by atoms with Gasteiger partial charge in [0.25, 0.3) is 5.56 Å². The van der Waals surface area contributed by atoms with Gasteiger partial charge in [-0.25, -0.2) is 9.78 Å². The van der Waals surface area contributed by atoms with E-state index in [1.807, 2.05) is 25.1 Å². The summed E-state index contributed by atoms with van der Waals surface area (Å²) in [6.45, 7) is 2.06. The van der Waals surface area contributed by atoms with Crippen LogP contribution in [0.3, 0.4) is 0 Å². The molecule has 210 valence electrons. The molecule has 0 radical (unpaired) electrons. The molecule has 0 spiro atoms. The molecule has 1 atom stereocenters. The van der Waals surface area contributed by atoms with Crippen molar-refractivity contribution in [2.75, 3.05) is 27.8 Å². The summed E-state index contributed by atoms with van der Waals surface area (Å²) in [6, 6.07) is 6.96. The highest BCUT2D eigenvalue weighted by Crippen LogP contribution is 2.41. The Morgan fingerprint density at radius 1 is 1.20 bits per heavy atom. The van der Waals surface area contributed by atoms with E-state index in [1.165, 1.54) is 7.11 Å². The first kappa shape index (κ1) is 27.5. The fourth-order valence-corrected chi connectivity index (χ4v) is 5.46. The van der Waals surface area contributed by atoms with Gasteiger partial charge in [-0.15, -0.1) is 0 Å². The molecule has 0 saturated heterocycles. The van der Waals surface area contributed by atoms with Crippen LogP contribution in [0.5, 0.6) is 5.75 Å². The first-order valence-electron chi connectivity index (χ1n) is 13.1. The van der Waals surface area contributed by atoms with E-state index in [1.54, 1.807) is 29.7 Å². The molecule has 40 heavy (non-hydrogen) atoms. The van der Waals surface area contributed by atoms with Crippen LogP contribution >= 0.6 is 0 Å². The number of cyclic esters (lactones) is 1. The fraction of sp³-hybridized carbons (Fsp3) is 0.414. The third-order valence-electron chi connectivity index (χ3n) is 7.42. The van der Waals surface area contributed by atoms with Gasteiger partial charge in [-0.1, -0.05) is 6.92 Å². The zero-order valence-corrected chi connectivity index (χ0v) is 22.9. The first-order valence-corrected chi connectivity index (χ1v) is 13.1. The molecule has 2 aliphatic rings. The van der Waals surface area contributed by atoms with Gasteiger partial charge in [0.2, 0.25) is 5.60 Å². The molecule has 11 nitrogen and oxygen atoms in total. The number of ketones is 1. The van der Waals surface area contributed by atoms with Crippen LogP contribution in [-0.4, -0.2) is 65.1 Å². The third kappa shape index (κ3) is 4.54. The highest BCUT2D eigenvalue weighted by Gasteiger charge is 2.50. The first-order chi connectivity index (χ1) is 19.1. The molecule has 0 bridgehead atoms. The summed E-state index contributed by atoms with van der Waals surface area (Å²) in [5.41, 5.74) is 1.58. The van der Waals surface area contributed by atoms with Crippen molar-refractivity contribution in [1.82, 2.24) is 14.5 Å². The van der Waals surface area contributed by atoms with E-state index in [4.69, 9.17) is 19.2 Å². The standard InChI is InChI=1S/C29H31N3O8/c1-5-29(40-25(35)9-6-17(33)14-38-4)21-11-23-26-16(12-32(23)27(36)20(21)15-39-28(29)37)10-18-19(13-31(2)3)24(34)8-7-22(18)30-26/h7-8,10-11,34H,5-6,9,12-15H2,1-4H3/t29-/m0/s1. The van der Waals surface area contributed by atoms with Crippen LogP contribution in [0.2, 0.25) is 0 Å². The van der Waals surface area contributed by atoms with E-state index in [0.717, 1.165) is 16.5 Å². The smallest absolute Gasteiger partial charge is 0.355 e. The van der Waals surface area contributed by atoms with Crippen molar-refractivity contribution in [2.45, 2.75) is 51.5 Å². The van der Waals surface area contributed by atoms with E-state index in [2.05, 4.69) is 0 Å². The van der Waals surface area contributed by atoms with E-state index < -0.39 is 17.5 Å². The number of carbonyl (C=O) groups is 3. The molecule has 2 aromatic heterocycles. The molecule has 0 unspecified atom stereocenters. The van der Waals surface area contributed by atoms with Gasteiger partial charge in [-0.05, 0) is 44.8 Å². The van der Waals surface area contributed by atoms with Gasteiger partial charge in [0.1, 0.15) is 19.0 Å². The van der Waals surface area contributed by atoms with Crippen molar-refractivity contribution >= 4 is 28.6 Å². The summed E-state index contributed by atoms with van der Waals surface area (Å²) in [4.78, 5) is 58.3. The normalized spacial score (nSPS) is 17.4. The Hall–Kier alpha value is -4.09. The highest BCUT2D eigenvalue weighted by atomic mass is 16.6. The van der Waals surface area contributed by atoms with Crippen molar-refractivity contribution in [3.05, 3.63) is 56.9 Å². The number of Topliss-reactive ketones (excluding diaryl/α,β-unsaturated/α-hetero) is 1. The average Bonchev–Trinajstić information content (AvgIpc) is 3.28. The zero-order chi connectivity index (χ0) is 28.8. The molecule has 1 aromatic carbocycles. The summed E-state index contributed by atoms with van der Waals surface area (Å²) < 4.78 is 17.5. The topological polar surface area (TPSA) is 137 Å². The molecule has 0 aliphatic carbocycles. The Labute approximate surface area is 230 Å². The number of hydrogen-bond donors (Lipinski definition) is 1. The number of phenolic OH excluding ortho intramolecular Hbond substituents is 1. The lowest BCUT2D eigenvalue weighted by Crippen LogP contribution is -2.47. The van der Waals surface area contributed by atoms with Crippen LogP contribution in [0.1, 0.15) is 48.4 Å². The second kappa shape index (κ2) is 10.5. The molecule has 0 fully saturated rings. The molecule has 2 aliphatic heterocycles. The number of esters is 2. The van der Waals surface area contributed by atoms with Crippen LogP contribution in [0, 0.1) is 0 Å². The second-order valence-corrected chi connectivity index (χ2v) is 10.4.